The van der Waals surface area contributed by atoms with Gasteiger partial charge >= 0.3 is 0 Å². The molecule has 2 amide bonds. The Kier molecular flexibility index (Phi) is 6.77. The van der Waals surface area contributed by atoms with E-state index >= 15 is 0 Å². The summed E-state index contributed by atoms with van der Waals surface area (Å²) < 4.78 is 0.968. The van der Waals surface area contributed by atoms with Crippen molar-refractivity contribution >= 4 is 27.7 Å². The lowest BCUT2D eigenvalue weighted by molar-refractivity contribution is -0.118. The van der Waals surface area contributed by atoms with Gasteiger partial charge in [-0.1, -0.05) is 58.4 Å². The summed E-state index contributed by atoms with van der Waals surface area (Å²) in [6.45, 7) is 2.49. The number of pyridine rings is 1. The van der Waals surface area contributed by atoms with Crippen LogP contribution in [0.5, 0.6) is 0 Å². The van der Waals surface area contributed by atoms with Gasteiger partial charge in [0.1, 0.15) is 0 Å². The maximum Gasteiger partial charge on any atom is 0.256 e. The molecule has 0 radical (unpaired) electrons. The number of carbonyl (C=O) groups is 2. The number of nitrogens with two attached hydrogens (primary N) is 1. The molecule has 6 heteroatoms. The minimum Gasteiger partial charge on any atom is -0.370 e. The van der Waals surface area contributed by atoms with Crippen LogP contribution < -0.4 is 5.73 Å². The van der Waals surface area contributed by atoms with Gasteiger partial charge in [-0.05, 0) is 36.8 Å². The number of halogens is 1. The molecular formula is C23H22BrN3O2. The van der Waals surface area contributed by atoms with Crippen molar-refractivity contribution < 1.29 is 9.59 Å². The number of primary amides is 1. The highest BCUT2D eigenvalue weighted by molar-refractivity contribution is 9.10. The number of aromatic nitrogens is 1. The average Bonchev–Trinajstić information content (AvgIpc) is 2.71. The lowest BCUT2D eigenvalue weighted by atomic mass is 10.1. The van der Waals surface area contributed by atoms with Gasteiger partial charge in [-0.2, -0.15) is 0 Å². The molecule has 0 fully saturated rings. The number of hydrogen-bond donors (Lipinski definition) is 1. The molecule has 1 aromatic heterocycles. The van der Waals surface area contributed by atoms with Crippen molar-refractivity contribution in [1.82, 2.24) is 9.88 Å². The summed E-state index contributed by atoms with van der Waals surface area (Å²) >= 11 is 3.47. The first-order valence-corrected chi connectivity index (χ1v) is 10.1. The second kappa shape index (κ2) is 9.47. The predicted molar refractivity (Wildman–Crippen MR) is 117 cm³/mol. The summed E-state index contributed by atoms with van der Waals surface area (Å²) in [5, 5.41) is 0. The van der Waals surface area contributed by atoms with Crippen LogP contribution in [0.1, 0.15) is 28.0 Å². The zero-order valence-corrected chi connectivity index (χ0v) is 17.7. The Bertz CT molecular complexity index is 1020. The fourth-order valence-corrected chi connectivity index (χ4v) is 3.47. The van der Waals surface area contributed by atoms with Crippen LogP contribution >= 0.6 is 15.9 Å². The Morgan fingerprint density at radius 3 is 2.45 bits per heavy atom. The number of hydrogen-bond acceptors (Lipinski definition) is 3. The zero-order valence-electron chi connectivity index (χ0n) is 16.1. The van der Waals surface area contributed by atoms with Gasteiger partial charge in [0.05, 0.1) is 17.0 Å². The first-order chi connectivity index (χ1) is 13.9. The minimum atomic E-state index is -0.435. The lowest BCUT2D eigenvalue weighted by Crippen LogP contribution is -2.34. The summed E-state index contributed by atoms with van der Waals surface area (Å²) in [5.41, 5.74) is 9.22. The van der Waals surface area contributed by atoms with Crippen LogP contribution in [-0.4, -0.2) is 28.2 Å². The molecule has 0 aliphatic heterocycles. The second-order valence-electron chi connectivity index (χ2n) is 6.77. The molecule has 0 saturated heterocycles. The summed E-state index contributed by atoms with van der Waals surface area (Å²) in [6.07, 6.45) is 0.112. The van der Waals surface area contributed by atoms with E-state index in [1.165, 1.54) is 0 Å². The largest absolute Gasteiger partial charge is 0.370 e. The third-order valence-electron chi connectivity index (χ3n) is 4.57. The van der Waals surface area contributed by atoms with Crippen LogP contribution in [0.2, 0.25) is 0 Å². The van der Waals surface area contributed by atoms with Gasteiger partial charge in [-0.25, -0.2) is 0 Å². The first kappa shape index (κ1) is 20.7. The van der Waals surface area contributed by atoms with Crippen molar-refractivity contribution in [2.24, 2.45) is 5.73 Å². The molecule has 0 atom stereocenters. The van der Waals surface area contributed by atoms with Gasteiger partial charge in [-0.3, -0.25) is 14.6 Å². The summed E-state index contributed by atoms with van der Waals surface area (Å²) in [7, 11) is 0. The Balaban J connectivity index is 1.87. The molecule has 29 heavy (non-hydrogen) atoms. The van der Waals surface area contributed by atoms with Gasteiger partial charge in [0.2, 0.25) is 5.91 Å². The van der Waals surface area contributed by atoms with Crippen LogP contribution in [0.15, 0.2) is 71.2 Å². The number of carbonyl (C=O) groups excluding carboxylic acids is 2. The normalized spacial score (nSPS) is 10.6. The summed E-state index contributed by atoms with van der Waals surface area (Å²) in [5.74, 6) is -0.600. The molecule has 0 aliphatic carbocycles. The molecule has 2 aromatic carbocycles. The van der Waals surface area contributed by atoms with E-state index in [1.54, 1.807) is 11.0 Å². The maximum atomic E-state index is 13.2. The van der Waals surface area contributed by atoms with Crippen molar-refractivity contribution in [2.75, 3.05) is 6.54 Å². The lowest BCUT2D eigenvalue weighted by Gasteiger charge is -2.23. The van der Waals surface area contributed by atoms with Crippen LogP contribution in [0.25, 0.3) is 11.3 Å². The molecule has 0 saturated carbocycles. The fraction of sp³-hybridized carbons (Fsp3) is 0.174. The van der Waals surface area contributed by atoms with E-state index < -0.39 is 5.91 Å². The first-order valence-electron chi connectivity index (χ1n) is 9.29. The number of amides is 2. The van der Waals surface area contributed by atoms with E-state index in [-0.39, 0.29) is 18.9 Å². The van der Waals surface area contributed by atoms with Gasteiger partial charge < -0.3 is 10.6 Å². The molecule has 0 unspecified atom stereocenters. The minimum absolute atomic E-state index is 0.112. The van der Waals surface area contributed by atoms with Gasteiger partial charge in [0, 0.05) is 29.5 Å². The molecule has 0 spiro atoms. The van der Waals surface area contributed by atoms with E-state index in [9.17, 15) is 9.59 Å². The molecule has 0 bridgehead atoms. The van der Waals surface area contributed by atoms with Gasteiger partial charge in [0.25, 0.3) is 5.91 Å². The number of aryl methyl sites for hydroxylation is 1. The van der Waals surface area contributed by atoms with Crippen LogP contribution in [0, 0.1) is 6.92 Å². The summed E-state index contributed by atoms with van der Waals surface area (Å²) in [4.78, 5) is 30.8. The van der Waals surface area contributed by atoms with E-state index in [1.807, 2.05) is 67.6 Å². The second-order valence-corrected chi connectivity index (χ2v) is 7.68. The number of benzene rings is 2. The number of nitrogens with zero attached hydrogens (tertiary/aromatic N) is 2. The average molecular weight is 452 g/mol. The van der Waals surface area contributed by atoms with E-state index in [4.69, 9.17) is 5.73 Å². The highest BCUT2D eigenvalue weighted by atomic mass is 79.9. The molecule has 148 valence electrons. The smallest absolute Gasteiger partial charge is 0.256 e. The highest BCUT2D eigenvalue weighted by Crippen LogP contribution is 2.23. The van der Waals surface area contributed by atoms with Crippen molar-refractivity contribution in [1.29, 1.82) is 0 Å². The zero-order chi connectivity index (χ0) is 20.8. The summed E-state index contributed by atoms with van der Waals surface area (Å²) in [6, 6.07) is 21.2. The molecule has 2 N–H and O–H groups in total. The van der Waals surface area contributed by atoms with Crippen LogP contribution in [-0.2, 0) is 11.3 Å². The van der Waals surface area contributed by atoms with E-state index in [0.717, 1.165) is 21.3 Å². The topological polar surface area (TPSA) is 76.3 Å². The van der Waals surface area contributed by atoms with Crippen molar-refractivity contribution in [2.45, 2.75) is 19.9 Å². The van der Waals surface area contributed by atoms with Gasteiger partial charge in [-0.15, -0.1) is 0 Å². The van der Waals surface area contributed by atoms with Gasteiger partial charge in [0.15, 0.2) is 0 Å². The molecule has 3 aromatic rings. The molecule has 1 heterocycles. The van der Waals surface area contributed by atoms with Crippen LogP contribution in [0.4, 0.5) is 0 Å². The van der Waals surface area contributed by atoms with Crippen LogP contribution in [0.3, 0.4) is 0 Å². The quantitative estimate of drug-likeness (QED) is 0.580. The van der Waals surface area contributed by atoms with Crippen molar-refractivity contribution in [3.05, 3.63) is 88.0 Å². The van der Waals surface area contributed by atoms with Crippen molar-refractivity contribution in [3.8, 4) is 11.3 Å². The highest BCUT2D eigenvalue weighted by Gasteiger charge is 2.20. The SMILES string of the molecule is Cc1nc(-c2cccc(Br)c2)ccc1C(=O)N(CCC(N)=O)Cc1ccccc1. The molecular weight excluding hydrogens is 430 g/mol. The Morgan fingerprint density at radius 2 is 1.79 bits per heavy atom. The molecule has 5 nitrogen and oxygen atoms in total. The standard InChI is InChI=1S/C23H22BrN3O2/c1-16-20(10-11-21(26-16)18-8-5-9-19(24)14-18)23(29)27(13-12-22(25)28)15-17-6-3-2-4-7-17/h2-11,14H,12-13,15H2,1H3,(H2,25,28). The molecule has 3 rings (SSSR count). The Morgan fingerprint density at radius 1 is 1.03 bits per heavy atom. The monoisotopic (exact) mass is 451 g/mol. The predicted octanol–water partition coefficient (Wildman–Crippen LogP) is 4.34. The third kappa shape index (κ3) is 5.51. The fourth-order valence-electron chi connectivity index (χ4n) is 3.07. The van der Waals surface area contributed by atoms with E-state index in [2.05, 4.69) is 20.9 Å². The maximum absolute atomic E-state index is 13.2. The van der Waals surface area contributed by atoms with Crippen molar-refractivity contribution in [3.63, 3.8) is 0 Å². The molecule has 0 aliphatic rings. The number of rotatable bonds is 7. The third-order valence-corrected chi connectivity index (χ3v) is 5.06. The van der Waals surface area contributed by atoms with E-state index in [0.29, 0.717) is 17.8 Å². The Hall–Kier alpha value is -2.99. The Labute approximate surface area is 178 Å².